The van der Waals surface area contributed by atoms with Gasteiger partial charge in [0, 0.05) is 5.39 Å². The van der Waals surface area contributed by atoms with Crippen molar-refractivity contribution in [1.29, 1.82) is 0 Å². The highest BCUT2D eigenvalue weighted by molar-refractivity contribution is 5.80. The molecular weight excluding hydrogens is 232 g/mol. The summed E-state index contributed by atoms with van der Waals surface area (Å²) >= 11 is 0. The molecule has 1 heterocycles. The van der Waals surface area contributed by atoms with Gasteiger partial charge in [0.1, 0.15) is 0 Å². The van der Waals surface area contributed by atoms with E-state index in [-0.39, 0.29) is 0 Å². The number of aryl methyl sites for hydroxylation is 3. The van der Waals surface area contributed by atoms with E-state index in [9.17, 15) is 0 Å². The summed E-state index contributed by atoms with van der Waals surface area (Å²) in [6.45, 7) is 7.23. The maximum atomic E-state index is 4.51. The van der Waals surface area contributed by atoms with Crippen molar-refractivity contribution < 1.29 is 0 Å². The van der Waals surface area contributed by atoms with Crippen molar-refractivity contribution in [1.82, 2.24) is 9.78 Å². The molecule has 19 heavy (non-hydrogen) atoms. The molecule has 0 aliphatic carbocycles. The molecule has 3 aromatic rings. The van der Waals surface area contributed by atoms with E-state index in [0.717, 1.165) is 6.54 Å². The SMILES string of the molecule is Cc1ccc(Cn2ncc3cc(C)c(C)cc32)cc1. The summed E-state index contributed by atoms with van der Waals surface area (Å²) in [7, 11) is 0. The van der Waals surface area contributed by atoms with Gasteiger partial charge in [0.25, 0.3) is 0 Å². The van der Waals surface area contributed by atoms with E-state index in [2.05, 4.69) is 66.9 Å². The van der Waals surface area contributed by atoms with Crippen molar-refractivity contribution in [3.05, 3.63) is 64.8 Å². The molecule has 0 fully saturated rings. The van der Waals surface area contributed by atoms with E-state index in [1.165, 1.54) is 33.2 Å². The van der Waals surface area contributed by atoms with Crippen molar-refractivity contribution in [2.45, 2.75) is 27.3 Å². The van der Waals surface area contributed by atoms with Gasteiger partial charge in [-0.25, -0.2) is 0 Å². The van der Waals surface area contributed by atoms with E-state index in [1.54, 1.807) is 0 Å². The Morgan fingerprint density at radius 3 is 2.37 bits per heavy atom. The second kappa shape index (κ2) is 4.54. The Hall–Kier alpha value is -2.09. The highest BCUT2D eigenvalue weighted by atomic mass is 15.3. The monoisotopic (exact) mass is 250 g/mol. The minimum absolute atomic E-state index is 0.826. The zero-order valence-corrected chi connectivity index (χ0v) is 11.6. The van der Waals surface area contributed by atoms with Gasteiger partial charge in [-0.05, 0) is 49.6 Å². The van der Waals surface area contributed by atoms with Crippen LogP contribution in [0.25, 0.3) is 10.9 Å². The van der Waals surface area contributed by atoms with Crippen molar-refractivity contribution in [3.8, 4) is 0 Å². The van der Waals surface area contributed by atoms with E-state index in [4.69, 9.17) is 0 Å². The standard InChI is InChI=1S/C17H18N2/c1-12-4-6-15(7-5-12)11-19-17-9-14(3)13(2)8-16(17)10-18-19/h4-10H,11H2,1-3H3. The number of fused-ring (bicyclic) bond motifs is 1. The van der Waals surface area contributed by atoms with Crippen LogP contribution in [-0.2, 0) is 6.54 Å². The van der Waals surface area contributed by atoms with Crippen LogP contribution in [-0.4, -0.2) is 9.78 Å². The van der Waals surface area contributed by atoms with E-state index in [1.807, 2.05) is 6.20 Å². The second-order valence-corrected chi connectivity index (χ2v) is 5.28. The van der Waals surface area contributed by atoms with Gasteiger partial charge < -0.3 is 0 Å². The average Bonchev–Trinajstić information content (AvgIpc) is 2.76. The van der Waals surface area contributed by atoms with Crippen LogP contribution in [0, 0.1) is 20.8 Å². The van der Waals surface area contributed by atoms with Crippen LogP contribution in [0.2, 0.25) is 0 Å². The Balaban J connectivity index is 2.01. The van der Waals surface area contributed by atoms with Crippen molar-refractivity contribution in [2.24, 2.45) is 0 Å². The first-order chi connectivity index (χ1) is 9.13. The van der Waals surface area contributed by atoms with Gasteiger partial charge in [-0.15, -0.1) is 0 Å². The number of rotatable bonds is 2. The fourth-order valence-corrected chi connectivity index (χ4v) is 2.34. The average molecular weight is 250 g/mol. The molecule has 2 nitrogen and oxygen atoms in total. The normalized spacial score (nSPS) is 11.1. The Morgan fingerprint density at radius 1 is 0.947 bits per heavy atom. The summed E-state index contributed by atoms with van der Waals surface area (Å²) in [5.41, 5.74) is 6.43. The highest BCUT2D eigenvalue weighted by Gasteiger charge is 2.05. The van der Waals surface area contributed by atoms with E-state index >= 15 is 0 Å². The predicted octanol–water partition coefficient (Wildman–Crippen LogP) is 4.01. The third-order valence-electron chi connectivity index (χ3n) is 3.71. The lowest BCUT2D eigenvalue weighted by Gasteiger charge is -2.06. The van der Waals surface area contributed by atoms with Gasteiger partial charge in [-0.3, -0.25) is 4.68 Å². The largest absolute Gasteiger partial charge is 0.260 e. The summed E-state index contributed by atoms with van der Waals surface area (Å²) in [5, 5.41) is 5.73. The van der Waals surface area contributed by atoms with Gasteiger partial charge in [-0.1, -0.05) is 29.8 Å². The number of benzene rings is 2. The molecule has 0 bridgehead atoms. The topological polar surface area (TPSA) is 17.8 Å². The van der Waals surface area contributed by atoms with Crippen LogP contribution >= 0.6 is 0 Å². The van der Waals surface area contributed by atoms with Crippen molar-refractivity contribution in [3.63, 3.8) is 0 Å². The quantitative estimate of drug-likeness (QED) is 0.672. The fraction of sp³-hybridized carbons (Fsp3) is 0.235. The van der Waals surface area contributed by atoms with Crippen LogP contribution in [0.4, 0.5) is 0 Å². The molecule has 0 aliphatic heterocycles. The number of aromatic nitrogens is 2. The van der Waals surface area contributed by atoms with Crippen LogP contribution in [0.3, 0.4) is 0 Å². The Kier molecular flexibility index (Phi) is 2.86. The molecule has 0 radical (unpaired) electrons. The minimum Gasteiger partial charge on any atom is -0.260 e. The molecule has 2 heteroatoms. The van der Waals surface area contributed by atoms with Crippen molar-refractivity contribution in [2.75, 3.05) is 0 Å². The highest BCUT2D eigenvalue weighted by Crippen LogP contribution is 2.20. The molecule has 0 N–H and O–H groups in total. The molecule has 0 unspecified atom stereocenters. The summed E-state index contributed by atoms with van der Waals surface area (Å²) in [4.78, 5) is 0. The Bertz CT molecular complexity index is 721. The van der Waals surface area contributed by atoms with Gasteiger partial charge in [0.2, 0.25) is 0 Å². The lowest BCUT2D eigenvalue weighted by atomic mass is 10.1. The van der Waals surface area contributed by atoms with Gasteiger partial charge >= 0.3 is 0 Å². The smallest absolute Gasteiger partial charge is 0.0689 e. The molecule has 0 saturated carbocycles. The molecule has 0 amide bonds. The van der Waals surface area contributed by atoms with Gasteiger partial charge in [0.05, 0.1) is 18.3 Å². The molecule has 0 saturated heterocycles. The van der Waals surface area contributed by atoms with Gasteiger partial charge in [-0.2, -0.15) is 5.10 Å². The lowest BCUT2D eigenvalue weighted by molar-refractivity contribution is 0.712. The molecule has 2 aromatic carbocycles. The first-order valence-electron chi connectivity index (χ1n) is 6.62. The molecule has 0 spiro atoms. The Morgan fingerprint density at radius 2 is 1.63 bits per heavy atom. The summed E-state index contributed by atoms with van der Waals surface area (Å²) in [6.07, 6.45) is 1.95. The molecule has 96 valence electrons. The van der Waals surface area contributed by atoms with Crippen LogP contribution in [0.5, 0.6) is 0 Å². The minimum atomic E-state index is 0.826. The van der Waals surface area contributed by atoms with Crippen LogP contribution < -0.4 is 0 Å². The molecule has 3 rings (SSSR count). The van der Waals surface area contributed by atoms with Crippen LogP contribution in [0.15, 0.2) is 42.6 Å². The predicted molar refractivity (Wildman–Crippen MR) is 79.5 cm³/mol. The van der Waals surface area contributed by atoms with Crippen LogP contribution in [0.1, 0.15) is 22.3 Å². The van der Waals surface area contributed by atoms with E-state index < -0.39 is 0 Å². The number of nitrogens with zero attached hydrogens (tertiary/aromatic N) is 2. The first kappa shape index (κ1) is 12.0. The zero-order chi connectivity index (χ0) is 13.4. The summed E-state index contributed by atoms with van der Waals surface area (Å²) in [5.74, 6) is 0. The molecule has 0 aliphatic rings. The molecular formula is C17H18N2. The molecule has 1 aromatic heterocycles. The maximum absolute atomic E-state index is 4.51. The van der Waals surface area contributed by atoms with Gasteiger partial charge in [0.15, 0.2) is 0 Å². The number of hydrogen-bond donors (Lipinski definition) is 0. The first-order valence-corrected chi connectivity index (χ1v) is 6.62. The Labute approximate surface area is 113 Å². The number of hydrogen-bond acceptors (Lipinski definition) is 1. The second-order valence-electron chi connectivity index (χ2n) is 5.28. The van der Waals surface area contributed by atoms with Crippen molar-refractivity contribution >= 4 is 10.9 Å². The maximum Gasteiger partial charge on any atom is 0.0689 e. The fourth-order valence-electron chi connectivity index (χ4n) is 2.34. The lowest BCUT2D eigenvalue weighted by Crippen LogP contribution is -2.01. The zero-order valence-electron chi connectivity index (χ0n) is 11.6. The molecule has 0 atom stereocenters. The summed E-state index contributed by atoms with van der Waals surface area (Å²) < 4.78 is 2.08. The third-order valence-corrected chi connectivity index (χ3v) is 3.71. The summed E-state index contributed by atoms with van der Waals surface area (Å²) in [6, 6.07) is 13.1. The third kappa shape index (κ3) is 2.26. The van der Waals surface area contributed by atoms with E-state index in [0.29, 0.717) is 0 Å².